The van der Waals surface area contributed by atoms with Crippen LogP contribution in [-0.4, -0.2) is 17.0 Å². The Morgan fingerprint density at radius 1 is 1.58 bits per heavy atom. The maximum Gasteiger partial charge on any atom is 0.348 e. The molecule has 0 radical (unpaired) electrons. The van der Waals surface area contributed by atoms with Crippen molar-refractivity contribution in [2.75, 3.05) is 11.0 Å². The molecule has 3 nitrogen and oxygen atoms in total. The summed E-state index contributed by atoms with van der Waals surface area (Å²) in [7, 11) is 0. The third-order valence-electron chi connectivity index (χ3n) is 1.14. The highest BCUT2D eigenvalue weighted by molar-refractivity contribution is 14.1. The SMILES string of the molecule is C=C(C#N)C(=O)OCCCCI. The van der Waals surface area contributed by atoms with Crippen LogP contribution in [0.1, 0.15) is 12.8 Å². The van der Waals surface area contributed by atoms with Gasteiger partial charge in [0.15, 0.2) is 0 Å². The predicted molar refractivity (Wildman–Crippen MR) is 53.8 cm³/mol. The van der Waals surface area contributed by atoms with E-state index in [1.165, 1.54) is 0 Å². The van der Waals surface area contributed by atoms with Gasteiger partial charge in [0.05, 0.1) is 6.61 Å². The number of carbonyl (C=O) groups is 1. The standard InChI is InChI=1S/C8H10INO2/c1-7(6-10)8(11)12-5-3-2-4-9/h1-5H2. The highest BCUT2D eigenvalue weighted by atomic mass is 127. The molecule has 0 aliphatic heterocycles. The predicted octanol–water partition coefficient (Wildman–Crippen LogP) is 1.82. The quantitative estimate of drug-likeness (QED) is 0.193. The topological polar surface area (TPSA) is 50.1 Å². The minimum atomic E-state index is -0.606. The number of hydrogen-bond acceptors (Lipinski definition) is 3. The second kappa shape index (κ2) is 7.10. The van der Waals surface area contributed by atoms with Gasteiger partial charge in [-0.3, -0.25) is 0 Å². The van der Waals surface area contributed by atoms with E-state index in [0.717, 1.165) is 17.3 Å². The van der Waals surface area contributed by atoms with E-state index in [-0.39, 0.29) is 5.57 Å². The molecule has 0 aromatic rings. The summed E-state index contributed by atoms with van der Waals surface area (Å²) in [6.45, 7) is 3.61. The molecule has 0 atom stereocenters. The summed E-state index contributed by atoms with van der Waals surface area (Å²) in [4.78, 5) is 10.8. The van der Waals surface area contributed by atoms with Crippen molar-refractivity contribution in [1.29, 1.82) is 5.26 Å². The zero-order valence-electron chi connectivity index (χ0n) is 6.68. The maximum absolute atomic E-state index is 10.8. The van der Waals surface area contributed by atoms with Crippen molar-refractivity contribution in [3.63, 3.8) is 0 Å². The van der Waals surface area contributed by atoms with Crippen LogP contribution in [0.15, 0.2) is 12.2 Å². The first-order chi connectivity index (χ1) is 5.72. The number of ether oxygens (including phenoxy) is 1. The molecule has 0 saturated carbocycles. The van der Waals surface area contributed by atoms with Crippen LogP contribution in [0.5, 0.6) is 0 Å². The maximum atomic E-state index is 10.8. The van der Waals surface area contributed by atoms with Gasteiger partial charge < -0.3 is 4.74 Å². The van der Waals surface area contributed by atoms with Gasteiger partial charge in [0.1, 0.15) is 11.6 Å². The summed E-state index contributed by atoms with van der Waals surface area (Å²) in [6.07, 6.45) is 1.86. The summed E-state index contributed by atoms with van der Waals surface area (Å²) >= 11 is 2.25. The molecule has 0 rings (SSSR count). The number of hydrogen-bond donors (Lipinski definition) is 0. The number of nitriles is 1. The van der Waals surface area contributed by atoms with Crippen molar-refractivity contribution in [3.8, 4) is 6.07 Å². The molecule has 66 valence electrons. The number of halogens is 1. The summed E-state index contributed by atoms with van der Waals surface area (Å²) < 4.78 is 5.78. The fourth-order valence-electron chi connectivity index (χ4n) is 0.494. The third-order valence-corrected chi connectivity index (χ3v) is 1.91. The molecule has 0 N–H and O–H groups in total. The van der Waals surface area contributed by atoms with Crippen LogP contribution in [-0.2, 0) is 9.53 Å². The summed E-state index contributed by atoms with van der Waals surface area (Å²) in [5, 5.41) is 8.26. The molecule has 0 aromatic heterocycles. The van der Waals surface area contributed by atoms with Crippen molar-refractivity contribution >= 4 is 28.6 Å². The zero-order chi connectivity index (χ0) is 9.40. The molecule has 0 unspecified atom stereocenters. The number of alkyl halides is 1. The number of rotatable bonds is 5. The summed E-state index contributed by atoms with van der Waals surface area (Å²) in [5.41, 5.74) is -0.135. The van der Waals surface area contributed by atoms with E-state index in [9.17, 15) is 4.79 Å². The fourth-order valence-corrected chi connectivity index (χ4v) is 1.03. The van der Waals surface area contributed by atoms with Crippen molar-refractivity contribution in [2.24, 2.45) is 0 Å². The molecule has 0 saturated heterocycles. The minimum Gasteiger partial charge on any atom is -0.462 e. The van der Waals surface area contributed by atoms with Crippen LogP contribution in [0.25, 0.3) is 0 Å². The normalized spacial score (nSPS) is 8.67. The lowest BCUT2D eigenvalue weighted by Gasteiger charge is -2.00. The Hall–Kier alpha value is -0.570. The van der Waals surface area contributed by atoms with E-state index < -0.39 is 5.97 Å². The number of unbranched alkanes of at least 4 members (excludes halogenated alkanes) is 1. The molecule has 0 heterocycles. The molecule has 0 bridgehead atoms. The highest BCUT2D eigenvalue weighted by Gasteiger charge is 2.05. The van der Waals surface area contributed by atoms with Crippen molar-refractivity contribution in [1.82, 2.24) is 0 Å². The van der Waals surface area contributed by atoms with Crippen molar-refractivity contribution in [2.45, 2.75) is 12.8 Å². The molecular formula is C8H10INO2. The second-order valence-corrected chi connectivity index (χ2v) is 3.20. The van der Waals surface area contributed by atoms with Gasteiger partial charge in [0.2, 0.25) is 0 Å². The van der Waals surface area contributed by atoms with Gasteiger partial charge in [-0.1, -0.05) is 29.2 Å². The molecule has 0 aliphatic rings. The van der Waals surface area contributed by atoms with Crippen LogP contribution in [0.2, 0.25) is 0 Å². The molecule has 0 amide bonds. The smallest absolute Gasteiger partial charge is 0.348 e. The van der Waals surface area contributed by atoms with E-state index >= 15 is 0 Å². The average Bonchev–Trinajstić information content (AvgIpc) is 2.10. The van der Waals surface area contributed by atoms with E-state index in [1.807, 2.05) is 0 Å². The Kier molecular flexibility index (Phi) is 6.76. The second-order valence-electron chi connectivity index (χ2n) is 2.12. The highest BCUT2D eigenvalue weighted by Crippen LogP contribution is 1.97. The van der Waals surface area contributed by atoms with Gasteiger partial charge in [-0.25, -0.2) is 4.79 Å². The van der Waals surface area contributed by atoms with E-state index in [2.05, 4.69) is 29.2 Å². The molecule has 0 spiro atoms. The van der Waals surface area contributed by atoms with E-state index in [4.69, 9.17) is 10.00 Å². The zero-order valence-corrected chi connectivity index (χ0v) is 8.83. The Balaban J connectivity index is 3.46. The Morgan fingerprint density at radius 2 is 2.25 bits per heavy atom. The first-order valence-electron chi connectivity index (χ1n) is 3.54. The number of nitrogens with zero attached hydrogens (tertiary/aromatic N) is 1. The number of esters is 1. The Labute approximate surface area is 85.5 Å². The van der Waals surface area contributed by atoms with Gasteiger partial charge in [0, 0.05) is 0 Å². The Bertz CT molecular complexity index is 208. The molecule has 0 aromatic carbocycles. The lowest BCUT2D eigenvalue weighted by Crippen LogP contribution is -2.06. The van der Waals surface area contributed by atoms with Crippen LogP contribution in [0.4, 0.5) is 0 Å². The van der Waals surface area contributed by atoms with Crippen LogP contribution in [0, 0.1) is 11.3 Å². The number of carbonyl (C=O) groups excluding carboxylic acids is 1. The summed E-state index contributed by atoms with van der Waals surface area (Å²) in [5.74, 6) is -0.606. The van der Waals surface area contributed by atoms with E-state index in [0.29, 0.717) is 6.61 Å². The van der Waals surface area contributed by atoms with Gasteiger partial charge >= 0.3 is 5.97 Å². The monoisotopic (exact) mass is 279 g/mol. The fraction of sp³-hybridized carbons (Fsp3) is 0.500. The minimum absolute atomic E-state index is 0.135. The van der Waals surface area contributed by atoms with Crippen LogP contribution in [0.3, 0.4) is 0 Å². The molecule has 12 heavy (non-hydrogen) atoms. The van der Waals surface area contributed by atoms with Crippen LogP contribution < -0.4 is 0 Å². The van der Waals surface area contributed by atoms with Gasteiger partial charge in [-0.2, -0.15) is 5.26 Å². The molecule has 4 heteroatoms. The lowest BCUT2D eigenvalue weighted by molar-refractivity contribution is -0.138. The van der Waals surface area contributed by atoms with E-state index in [1.54, 1.807) is 6.07 Å². The summed E-state index contributed by atoms with van der Waals surface area (Å²) in [6, 6.07) is 1.64. The first kappa shape index (κ1) is 11.4. The van der Waals surface area contributed by atoms with Crippen molar-refractivity contribution in [3.05, 3.63) is 12.2 Å². The average molecular weight is 279 g/mol. The first-order valence-corrected chi connectivity index (χ1v) is 5.07. The van der Waals surface area contributed by atoms with Gasteiger partial charge in [-0.05, 0) is 17.3 Å². The molecule has 0 aliphatic carbocycles. The van der Waals surface area contributed by atoms with Crippen molar-refractivity contribution < 1.29 is 9.53 Å². The van der Waals surface area contributed by atoms with Gasteiger partial charge in [0.25, 0.3) is 0 Å². The lowest BCUT2D eigenvalue weighted by atomic mass is 10.3. The Morgan fingerprint density at radius 3 is 2.75 bits per heavy atom. The molecule has 0 fully saturated rings. The largest absolute Gasteiger partial charge is 0.462 e. The van der Waals surface area contributed by atoms with Gasteiger partial charge in [-0.15, -0.1) is 0 Å². The van der Waals surface area contributed by atoms with Crippen LogP contribution >= 0.6 is 22.6 Å². The molecular weight excluding hydrogens is 269 g/mol. The third kappa shape index (κ3) is 5.13.